The Morgan fingerprint density at radius 2 is 0.741 bits per heavy atom. The van der Waals surface area contributed by atoms with Crippen LogP contribution >= 0.6 is 0 Å². The van der Waals surface area contributed by atoms with E-state index in [4.69, 9.17) is 0 Å². The van der Waals surface area contributed by atoms with Crippen molar-refractivity contribution in [1.29, 1.82) is 0 Å². The molecule has 0 spiro atoms. The van der Waals surface area contributed by atoms with Gasteiger partial charge in [-0.2, -0.15) is 0 Å². The van der Waals surface area contributed by atoms with E-state index >= 15 is 0 Å². The van der Waals surface area contributed by atoms with Crippen molar-refractivity contribution in [1.82, 2.24) is 0 Å². The van der Waals surface area contributed by atoms with Gasteiger partial charge in [-0.15, -0.1) is 0 Å². The number of hydrogen-bond donors (Lipinski definition) is 0. The number of benzene rings is 3. The van der Waals surface area contributed by atoms with Gasteiger partial charge in [0.05, 0.1) is 0 Å². The lowest BCUT2D eigenvalue weighted by Gasteiger charge is -1.98. The maximum atomic E-state index is 12.6. The number of hydrogen-bond acceptors (Lipinski definition) is 0. The van der Waals surface area contributed by atoms with Gasteiger partial charge in [0.15, 0.2) is 0 Å². The third kappa shape index (κ3) is 8.17. The normalized spacial score (nSPS) is 9.67. The van der Waals surface area contributed by atoms with Crippen LogP contribution in [0.15, 0.2) is 54.6 Å². The van der Waals surface area contributed by atoms with Gasteiger partial charge >= 0.3 is 0 Å². The quantitative estimate of drug-likeness (QED) is 0.385. The zero-order valence-corrected chi connectivity index (χ0v) is 17.5. The van der Waals surface area contributed by atoms with Gasteiger partial charge in [0.25, 0.3) is 0 Å². The molecule has 0 unspecified atom stereocenters. The van der Waals surface area contributed by atoms with Crippen LogP contribution in [0, 0.1) is 60.1 Å². The molecule has 0 fully saturated rings. The van der Waals surface area contributed by atoms with Crippen molar-refractivity contribution >= 4 is 0 Å². The minimum absolute atomic E-state index is 0.116. The molecule has 144 valence electrons. The van der Waals surface area contributed by atoms with Gasteiger partial charge in [0.2, 0.25) is 0 Å². The first-order valence-corrected chi connectivity index (χ1v) is 9.09. The Morgan fingerprint density at radius 3 is 1.00 bits per heavy atom. The largest absolute Gasteiger partial charge is 0.207 e. The zero-order valence-electron chi connectivity index (χ0n) is 17.5. The molecule has 0 aliphatic heterocycles. The lowest BCUT2D eigenvalue weighted by atomic mass is 10.1. The maximum absolute atomic E-state index is 12.6. The molecule has 3 aromatic carbocycles. The lowest BCUT2D eigenvalue weighted by molar-refractivity contribution is 0.617. The second-order valence-corrected chi connectivity index (χ2v) is 7.09. The van der Waals surface area contributed by atoms with Crippen LogP contribution in [0.1, 0.15) is 38.9 Å². The van der Waals surface area contributed by atoms with Crippen LogP contribution in [0.5, 0.6) is 0 Å². The highest BCUT2D eigenvalue weighted by Crippen LogP contribution is 2.08. The van der Waals surface area contributed by atoms with Crippen LogP contribution in [0.2, 0.25) is 0 Å². The monoisotopic (exact) mass is 368 g/mol. The summed E-state index contributed by atoms with van der Waals surface area (Å²) in [5.74, 6) is -0.231. The molecule has 2 heteroatoms. The fourth-order valence-electron chi connectivity index (χ4n) is 2.29. The molecule has 0 saturated heterocycles. The average molecular weight is 369 g/mol. The van der Waals surface area contributed by atoms with E-state index in [-0.39, 0.29) is 11.6 Å². The molecule has 3 rings (SSSR count). The summed E-state index contributed by atoms with van der Waals surface area (Å²) >= 11 is 0. The maximum Gasteiger partial charge on any atom is 0.126 e. The summed E-state index contributed by atoms with van der Waals surface area (Å²) in [5, 5.41) is 0. The third-order valence-corrected chi connectivity index (χ3v) is 4.32. The Balaban J connectivity index is 0.000000202. The molecule has 0 aromatic heterocycles. The van der Waals surface area contributed by atoms with Crippen LogP contribution in [-0.2, 0) is 0 Å². The molecular formula is C25H30F2. The highest BCUT2D eigenvalue weighted by molar-refractivity contribution is 5.28. The van der Waals surface area contributed by atoms with Crippen LogP contribution in [0.4, 0.5) is 8.78 Å². The van der Waals surface area contributed by atoms with E-state index in [1.54, 1.807) is 26.0 Å². The van der Waals surface area contributed by atoms with Crippen molar-refractivity contribution in [3.05, 3.63) is 105 Å². The predicted octanol–water partition coefficient (Wildman–Crippen LogP) is 7.50. The zero-order chi connectivity index (χ0) is 20.6. The highest BCUT2D eigenvalue weighted by Gasteiger charge is 1.94. The molecule has 27 heavy (non-hydrogen) atoms. The van der Waals surface area contributed by atoms with Crippen molar-refractivity contribution in [3.63, 3.8) is 0 Å². The van der Waals surface area contributed by atoms with Crippen molar-refractivity contribution in [3.8, 4) is 0 Å². The average Bonchev–Trinajstić information content (AvgIpc) is 2.60. The van der Waals surface area contributed by atoms with E-state index in [1.165, 1.54) is 28.8 Å². The van der Waals surface area contributed by atoms with Gasteiger partial charge in [-0.25, -0.2) is 8.78 Å². The number of halogens is 2. The topological polar surface area (TPSA) is 0 Å². The second kappa shape index (κ2) is 10.6. The number of rotatable bonds is 0. The fourth-order valence-corrected chi connectivity index (χ4v) is 2.29. The second-order valence-electron chi connectivity index (χ2n) is 7.09. The van der Waals surface area contributed by atoms with Crippen molar-refractivity contribution in [2.45, 2.75) is 48.5 Å². The van der Waals surface area contributed by atoms with Gasteiger partial charge in [-0.05, 0) is 94.0 Å². The first-order valence-electron chi connectivity index (χ1n) is 9.09. The molecule has 0 saturated carbocycles. The Bertz CT molecular complexity index is 762. The minimum Gasteiger partial charge on any atom is -0.207 e. The molecule has 0 N–H and O–H groups in total. The Morgan fingerprint density at radius 1 is 0.407 bits per heavy atom. The molecule has 0 heterocycles. The molecule has 0 amide bonds. The van der Waals surface area contributed by atoms with Crippen LogP contribution < -0.4 is 0 Å². The van der Waals surface area contributed by atoms with Crippen LogP contribution in [0.3, 0.4) is 0 Å². The molecule has 0 aliphatic rings. The van der Waals surface area contributed by atoms with Crippen molar-refractivity contribution in [2.24, 2.45) is 0 Å². The Labute approximate surface area is 162 Å². The molecule has 0 atom stereocenters. The minimum atomic E-state index is -0.116. The molecule has 0 aliphatic carbocycles. The van der Waals surface area contributed by atoms with E-state index in [0.29, 0.717) is 11.1 Å². The molecule has 0 nitrogen and oxygen atoms in total. The van der Waals surface area contributed by atoms with E-state index in [9.17, 15) is 8.78 Å². The first-order chi connectivity index (χ1) is 12.6. The SMILES string of the molecule is Cc1ccc(C)c(C)c1.Cc1ccc(C)c(F)c1.Cc1ccc(C)c(F)c1. The van der Waals surface area contributed by atoms with Crippen molar-refractivity contribution < 1.29 is 8.78 Å². The Hall–Kier alpha value is -2.48. The Kier molecular flexibility index (Phi) is 8.87. The number of aryl methyl sites for hydroxylation is 7. The summed E-state index contributed by atoms with van der Waals surface area (Å²) in [5.41, 5.74) is 7.46. The van der Waals surface area contributed by atoms with E-state index in [2.05, 4.69) is 39.0 Å². The van der Waals surface area contributed by atoms with Crippen molar-refractivity contribution in [2.75, 3.05) is 0 Å². The summed E-state index contributed by atoms with van der Waals surface area (Å²) < 4.78 is 25.2. The van der Waals surface area contributed by atoms with Crippen LogP contribution in [-0.4, -0.2) is 0 Å². The van der Waals surface area contributed by atoms with Gasteiger partial charge in [-0.3, -0.25) is 0 Å². The molecule has 0 bridgehead atoms. The van der Waals surface area contributed by atoms with Gasteiger partial charge in [0, 0.05) is 0 Å². The van der Waals surface area contributed by atoms with Crippen LogP contribution in [0.25, 0.3) is 0 Å². The van der Waals surface area contributed by atoms with E-state index in [1.807, 2.05) is 26.0 Å². The van der Waals surface area contributed by atoms with E-state index < -0.39 is 0 Å². The van der Waals surface area contributed by atoms with Gasteiger partial charge in [0.1, 0.15) is 11.6 Å². The summed E-state index contributed by atoms with van der Waals surface area (Å²) in [4.78, 5) is 0. The summed E-state index contributed by atoms with van der Waals surface area (Å²) in [6, 6.07) is 16.9. The summed E-state index contributed by atoms with van der Waals surface area (Å²) in [6.45, 7) is 13.7. The third-order valence-electron chi connectivity index (χ3n) is 4.32. The molecular weight excluding hydrogens is 338 g/mol. The smallest absolute Gasteiger partial charge is 0.126 e. The molecule has 0 radical (unpaired) electrons. The summed E-state index contributed by atoms with van der Waals surface area (Å²) in [7, 11) is 0. The highest BCUT2D eigenvalue weighted by atomic mass is 19.1. The molecule has 3 aromatic rings. The van der Waals surface area contributed by atoms with Gasteiger partial charge in [-0.1, -0.05) is 48.0 Å². The first kappa shape index (κ1) is 22.6. The van der Waals surface area contributed by atoms with E-state index in [0.717, 1.165) is 11.1 Å². The predicted molar refractivity (Wildman–Crippen MR) is 112 cm³/mol. The fraction of sp³-hybridized carbons (Fsp3) is 0.280. The lowest BCUT2D eigenvalue weighted by Crippen LogP contribution is -1.81. The summed E-state index contributed by atoms with van der Waals surface area (Å²) in [6.07, 6.45) is 0. The standard InChI is InChI=1S/C9H12.2C8H9F/c1-7-4-5-8(2)9(3)6-7;2*1-6-3-4-7(2)8(9)5-6/h4-6H,1-3H3;2*3-5H,1-2H3. The van der Waals surface area contributed by atoms with Gasteiger partial charge < -0.3 is 0 Å².